The third-order valence-electron chi connectivity index (χ3n) is 2.26. The highest BCUT2D eigenvalue weighted by atomic mass is 19.1. The minimum atomic E-state index is -1.15. The molecule has 0 fully saturated rings. The van der Waals surface area contributed by atoms with E-state index >= 15 is 0 Å². The molecular formula is C12H7FN2O3. The Morgan fingerprint density at radius 1 is 1.28 bits per heavy atom. The normalized spacial score (nSPS) is 9.83. The number of carbonyl (C=O) groups is 1. The molecule has 18 heavy (non-hydrogen) atoms. The molecule has 5 nitrogen and oxygen atoms in total. The summed E-state index contributed by atoms with van der Waals surface area (Å²) in [6, 6.07) is 10.1. The molecule has 1 aromatic heterocycles. The second-order valence-electron chi connectivity index (χ2n) is 3.37. The van der Waals surface area contributed by atoms with Crippen LogP contribution >= 0.6 is 0 Å². The van der Waals surface area contributed by atoms with Gasteiger partial charge in [0.1, 0.15) is 5.56 Å². The third-order valence-corrected chi connectivity index (χ3v) is 2.26. The molecule has 0 atom stereocenters. The fourth-order valence-corrected chi connectivity index (χ4v) is 1.44. The van der Waals surface area contributed by atoms with Gasteiger partial charge in [-0.1, -0.05) is 30.3 Å². The van der Waals surface area contributed by atoms with Crippen LogP contribution in [0.2, 0.25) is 0 Å². The number of halogens is 1. The Bertz CT molecular complexity index is 587. The molecule has 1 aromatic carbocycles. The summed E-state index contributed by atoms with van der Waals surface area (Å²) in [7, 11) is 0. The maximum atomic E-state index is 13.4. The lowest BCUT2D eigenvalue weighted by molar-refractivity contribution is 0.0503. The van der Waals surface area contributed by atoms with Crippen LogP contribution in [0.4, 0.5) is 4.39 Å². The van der Waals surface area contributed by atoms with Crippen molar-refractivity contribution >= 4 is 5.97 Å². The van der Waals surface area contributed by atoms with Crippen LogP contribution in [0.25, 0.3) is 11.3 Å². The largest absolute Gasteiger partial charge is 0.372 e. The molecule has 0 amide bonds. The van der Waals surface area contributed by atoms with Gasteiger partial charge >= 0.3 is 5.97 Å². The van der Waals surface area contributed by atoms with Crippen LogP contribution in [0, 0.1) is 10.7 Å². The van der Waals surface area contributed by atoms with Gasteiger partial charge in [-0.15, -0.1) is 4.91 Å². The highest BCUT2D eigenvalue weighted by molar-refractivity contribution is 5.90. The molecule has 0 aliphatic heterocycles. The number of benzene rings is 1. The summed E-state index contributed by atoms with van der Waals surface area (Å²) in [4.78, 5) is 28.8. The first-order chi connectivity index (χ1) is 8.72. The summed E-state index contributed by atoms with van der Waals surface area (Å²) >= 11 is 0. The lowest BCUT2D eigenvalue weighted by atomic mass is 10.1. The molecule has 6 heteroatoms. The Balaban J connectivity index is 2.44. The van der Waals surface area contributed by atoms with Crippen molar-refractivity contribution in [3.05, 3.63) is 58.9 Å². The van der Waals surface area contributed by atoms with Crippen LogP contribution in [0.3, 0.4) is 0 Å². The molecule has 0 saturated heterocycles. The van der Waals surface area contributed by atoms with Crippen molar-refractivity contribution in [1.82, 2.24) is 4.98 Å². The minimum absolute atomic E-state index is 0.386. The summed E-state index contributed by atoms with van der Waals surface area (Å²) in [6.07, 6.45) is 0.893. The zero-order valence-corrected chi connectivity index (χ0v) is 9.04. The van der Waals surface area contributed by atoms with Gasteiger partial charge < -0.3 is 0 Å². The summed E-state index contributed by atoms with van der Waals surface area (Å²) in [5.74, 6) is -2.02. The topological polar surface area (TPSA) is 68.6 Å². The Labute approximate surface area is 101 Å². The van der Waals surface area contributed by atoms with Crippen LogP contribution in [-0.2, 0) is 4.84 Å². The molecule has 90 valence electrons. The average molecular weight is 246 g/mol. The SMILES string of the molecule is O=NOC(=O)c1cc(-c2ccccc2)ncc1F. The van der Waals surface area contributed by atoms with Crippen molar-refractivity contribution in [2.45, 2.75) is 0 Å². The van der Waals surface area contributed by atoms with Crippen molar-refractivity contribution in [3.8, 4) is 11.3 Å². The van der Waals surface area contributed by atoms with Crippen molar-refractivity contribution in [3.63, 3.8) is 0 Å². The number of carbonyl (C=O) groups excluding carboxylic acids is 1. The van der Waals surface area contributed by atoms with E-state index in [9.17, 15) is 14.1 Å². The molecule has 2 rings (SSSR count). The van der Waals surface area contributed by atoms with Crippen molar-refractivity contribution < 1.29 is 14.0 Å². The highest BCUT2D eigenvalue weighted by Crippen LogP contribution is 2.19. The predicted octanol–water partition coefficient (Wildman–Crippen LogP) is 2.73. The van der Waals surface area contributed by atoms with Gasteiger partial charge in [0.2, 0.25) is 0 Å². The van der Waals surface area contributed by atoms with Crippen LogP contribution < -0.4 is 0 Å². The molecule has 0 spiro atoms. The second kappa shape index (κ2) is 5.13. The molecular weight excluding hydrogens is 239 g/mol. The predicted molar refractivity (Wildman–Crippen MR) is 60.8 cm³/mol. The maximum absolute atomic E-state index is 13.4. The lowest BCUT2D eigenvalue weighted by Crippen LogP contribution is -2.05. The van der Waals surface area contributed by atoms with Crippen LogP contribution in [0.5, 0.6) is 0 Å². The maximum Gasteiger partial charge on any atom is 0.372 e. The van der Waals surface area contributed by atoms with E-state index < -0.39 is 11.8 Å². The van der Waals surface area contributed by atoms with Crippen LogP contribution in [0.15, 0.2) is 47.9 Å². The van der Waals surface area contributed by atoms with E-state index in [1.807, 2.05) is 11.4 Å². The van der Waals surface area contributed by atoms with E-state index in [1.54, 1.807) is 24.3 Å². The van der Waals surface area contributed by atoms with E-state index in [2.05, 4.69) is 9.82 Å². The van der Waals surface area contributed by atoms with E-state index in [4.69, 9.17) is 0 Å². The first kappa shape index (κ1) is 11.8. The van der Waals surface area contributed by atoms with Crippen molar-refractivity contribution in [1.29, 1.82) is 0 Å². The summed E-state index contributed by atoms with van der Waals surface area (Å²) in [6.45, 7) is 0. The van der Waals surface area contributed by atoms with Gasteiger partial charge in [0.25, 0.3) is 0 Å². The smallest absolute Gasteiger partial charge is 0.279 e. The number of aromatic nitrogens is 1. The van der Waals surface area contributed by atoms with E-state index in [0.717, 1.165) is 6.20 Å². The molecule has 0 radical (unpaired) electrons. The average Bonchev–Trinajstić information content (AvgIpc) is 2.40. The highest BCUT2D eigenvalue weighted by Gasteiger charge is 2.16. The fraction of sp³-hybridized carbons (Fsp3) is 0. The third kappa shape index (κ3) is 2.37. The number of nitrogens with zero attached hydrogens (tertiary/aromatic N) is 2. The Morgan fingerprint density at radius 3 is 2.67 bits per heavy atom. The van der Waals surface area contributed by atoms with E-state index in [1.165, 1.54) is 6.07 Å². The van der Waals surface area contributed by atoms with Crippen LogP contribution in [-0.4, -0.2) is 11.0 Å². The van der Waals surface area contributed by atoms with Gasteiger partial charge in [-0.05, 0) is 6.07 Å². The number of hydrogen-bond acceptors (Lipinski definition) is 5. The van der Waals surface area contributed by atoms with Gasteiger partial charge in [-0.25, -0.2) is 9.18 Å². The quantitative estimate of drug-likeness (QED) is 0.616. The molecule has 0 N–H and O–H groups in total. The Hall–Kier alpha value is -2.63. The van der Waals surface area contributed by atoms with Crippen molar-refractivity contribution in [2.75, 3.05) is 0 Å². The first-order valence-corrected chi connectivity index (χ1v) is 4.97. The Morgan fingerprint density at radius 2 is 2.00 bits per heavy atom. The van der Waals surface area contributed by atoms with E-state index in [0.29, 0.717) is 11.3 Å². The van der Waals surface area contributed by atoms with Gasteiger partial charge in [0, 0.05) is 5.56 Å². The molecule has 0 aliphatic rings. The number of rotatable bonds is 3. The standard InChI is InChI=1S/C12H7FN2O3/c13-10-7-14-11(8-4-2-1-3-5-8)6-9(10)12(16)18-15-17/h1-7H. The monoisotopic (exact) mass is 246 g/mol. The van der Waals surface area contributed by atoms with Crippen molar-refractivity contribution in [2.24, 2.45) is 5.34 Å². The minimum Gasteiger partial charge on any atom is -0.279 e. The van der Waals surface area contributed by atoms with Gasteiger partial charge in [-0.2, -0.15) is 0 Å². The zero-order chi connectivity index (χ0) is 13.0. The molecule has 2 aromatic rings. The van der Waals surface area contributed by atoms with Gasteiger partial charge in [0.05, 0.1) is 11.9 Å². The summed E-state index contributed by atoms with van der Waals surface area (Å²) in [5.41, 5.74) is 0.726. The second-order valence-corrected chi connectivity index (χ2v) is 3.37. The Kier molecular flexibility index (Phi) is 3.38. The van der Waals surface area contributed by atoms with Gasteiger partial charge in [-0.3, -0.25) is 9.82 Å². The van der Waals surface area contributed by atoms with Crippen LogP contribution in [0.1, 0.15) is 10.4 Å². The number of hydrogen-bond donors (Lipinski definition) is 0. The first-order valence-electron chi connectivity index (χ1n) is 4.97. The summed E-state index contributed by atoms with van der Waals surface area (Å²) in [5, 5.41) is 1.97. The summed E-state index contributed by atoms with van der Waals surface area (Å²) < 4.78 is 13.4. The zero-order valence-electron chi connectivity index (χ0n) is 9.04. The molecule has 0 aliphatic carbocycles. The molecule has 1 heterocycles. The molecule has 0 saturated carbocycles. The van der Waals surface area contributed by atoms with Gasteiger partial charge in [0.15, 0.2) is 11.2 Å². The lowest BCUT2D eigenvalue weighted by Gasteiger charge is -2.03. The molecule has 0 bridgehead atoms. The fourth-order valence-electron chi connectivity index (χ4n) is 1.44. The van der Waals surface area contributed by atoms with E-state index in [-0.39, 0.29) is 5.56 Å². The number of pyridine rings is 1. The molecule has 0 unspecified atom stereocenters.